The van der Waals surface area contributed by atoms with Crippen LogP contribution in [-0.4, -0.2) is 11.9 Å². The number of hydrogen-bond acceptors (Lipinski definition) is 3. The van der Waals surface area contributed by atoms with Crippen LogP contribution in [-0.2, 0) is 12.7 Å². The minimum Gasteiger partial charge on any atom is -0.456 e. The first kappa shape index (κ1) is 21.5. The molecule has 0 radical (unpaired) electrons. The number of carbonyl (C=O) groups is 2. The van der Waals surface area contributed by atoms with Crippen LogP contribution in [0, 0.1) is 12.1 Å². The fraction of sp³-hybridized carbons (Fsp3) is 0.0909. The zero-order valence-corrected chi connectivity index (χ0v) is 15.9. The first-order valence-corrected chi connectivity index (χ1v) is 8.93. The summed E-state index contributed by atoms with van der Waals surface area (Å²) in [6, 6.07) is 18.3. The van der Waals surface area contributed by atoms with Gasteiger partial charge in [0.25, 0.3) is 0 Å². The van der Waals surface area contributed by atoms with Crippen molar-refractivity contribution in [3.63, 3.8) is 0 Å². The van der Waals surface area contributed by atoms with Crippen molar-refractivity contribution in [3.05, 3.63) is 89.5 Å². The predicted molar refractivity (Wildman–Crippen MR) is 106 cm³/mol. The van der Waals surface area contributed by atoms with Crippen LogP contribution in [0.3, 0.4) is 0 Å². The van der Waals surface area contributed by atoms with Crippen molar-refractivity contribution in [1.29, 1.82) is 0 Å². The van der Waals surface area contributed by atoms with Crippen LogP contribution in [0.25, 0.3) is 0 Å². The number of halogens is 3. The van der Waals surface area contributed by atoms with E-state index in [-0.39, 0.29) is 12.2 Å². The number of carbonyl (C=O) groups excluding carboxylic acids is 2. The van der Waals surface area contributed by atoms with E-state index in [2.05, 4.69) is 22.8 Å². The molecule has 0 spiro atoms. The minimum absolute atomic E-state index is 0.00583. The highest BCUT2D eigenvalue weighted by Gasteiger charge is 2.30. The number of ether oxygens (including phenoxy) is 1. The molecule has 31 heavy (non-hydrogen) atoms. The Labute approximate surface area is 175 Å². The number of nitrogens with one attached hydrogen (secondary N) is 2. The van der Waals surface area contributed by atoms with E-state index in [1.165, 1.54) is 30.3 Å². The van der Waals surface area contributed by atoms with Gasteiger partial charge in [0.2, 0.25) is 5.91 Å². The zero-order valence-electron chi connectivity index (χ0n) is 15.9. The van der Waals surface area contributed by atoms with E-state index in [1.807, 2.05) is 0 Å². The first-order chi connectivity index (χ1) is 14.7. The molecule has 0 fully saturated rings. The average Bonchev–Trinajstić information content (AvgIpc) is 2.73. The molecule has 0 aliphatic rings. The lowest BCUT2D eigenvalue weighted by Crippen LogP contribution is -2.28. The van der Waals surface area contributed by atoms with Crippen LogP contribution in [0.4, 0.5) is 23.7 Å². The van der Waals surface area contributed by atoms with Crippen LogP contribution in [0.15, 0.2) is 60.7 Å². The monoisotopic (exact) mass is 427 g/mol. The van der Waals surface area contributed by atoms with Gasteiger partial charge in [-0.2, -0.15) is 13.2 Å². The summed E-state index contributed by atoms with van der Waals surface area (Å²) in [6.45, 7) is 0.0185. The van der Waals surface area contributed by atoms with Crippen LogP contribution in [0.2, 0.25) is 0 Å². The highest BCUT2D eigenvalue weighted by Crippen LogP contribution is 2.30. The summed E-state index contributed by atoms with van der Waals surface area (Å²) >= 11 is 0. The van der Waals surface area contributed by atoms with Gasteiger partial charge in [-0.3, -0.25) is 4.79 Å². The van der Waals surface area contributed by atoms with E-state index in [9.17, 15) is 22.8 Å². The zero-order chi connectivity index (χ0) is 22.4. The second kappa shape index (κ2) is 9.09. The molecule has 6 nitrogen and oxygen atoms in total. The molecule has 0 aliphatic carbocycles. The van der Waals surface area contributed by atoms with Crippen molar-refractivity contribution in [1.82, 2.24) is 5.32 Å². The van der Waals surface area contributed by atoms with E-state index in [0.29, 0.717) is 22.6 Å². The van der Waals surface area contributed by atoms with E-state index in [1.54, 1.807) is 18.2 Å². The third-order valence-corrected chi connectivity index (χ3v) is 4.10. The van der Waals surface area contributed by atoms with Crippen molar-refractivity contribution in [2.45, 2.75) is 12.7 Å². The van der Waals surface area contributed by atoms with Crippen molar-refractivity contribution in [2.75, 3.05) is 5.32 Å². The molecule has 0 aromatic heterocycles. The Morgan fingerprint density at radius 3 is 2.42 bits per heavy atom. The van der Waals surface area contributed by atoms with E-state index in [4.69, 9.17) is 10.5 Å². The summed E-state index contributed by atoms with van der Waals surface area (Å²) in [5.41, 5.74) is 5.22. The quantitative estimate of drug-likeness (QED) is 0.540. The highest BCUT2D eigenvalue weighted by atomic mass is 19.4. The van der Waals surface area contributed by atoms with Gasteiger partial charge in [-0.25, -0.2) is 4.79 Å². The van der Waals surface area contributed by atoms with Gasteiger partial charge >= 0.3 is 12.2 Å². The maximum atomic E-state index is 12.8. The normalized spacial score (nSPS) is 10.7. The SMILES string of the molecule is NC(=O)c1ccc(Oc2cc#ccc2CNC(=O)Nc2cccc(C(F)(F)F)c2)cc1. The number of benzene rings is 2. The predicted octanol–water partition coefficient (Wildman–Crippen LogP) is 4.52. The molecule has 158 valence electrons. The summed E-state index contributed by atoms with van der Waals surface area (Å²) in [5, 5.41) is 4.91. The van der Waals surface area contributed by atoms with Crippen LogP contribution in [0.5, 0.6) is 11.5 Å². The molecule has 3 amide bonds. The lowest BCUT2D eigenvalue weighted by Gasteiger charge is -2.12. The third kappa shape index (κ3) is 5.90. The number of urea groups is 1. The molecule has 0 aliphatic heterocycles. The van der Waals surface area contributed by atoms with Gasteiger partial charge in [0.1, 0.15) is 11.5 Å². The van der Waals surface area contributed by atoms with Gasteiger partial charge in [0.05, 0.1) is 5.56 Å². The summed E-state index contributed by atoms with van der Waals surface area (Å²) in [5.74, 6) is 0.245. The van der Waals surface area contributed by atoms with Crippen LogP contribution >= 0.6 is 0 Å². The average molecular weight is 427 g/mol. The highest BCUT2D eigenvalue weighted by molar-refractivity contribution is 5.92. The Morgan fingerprint density at radius 1 is 1.03 bits per heavy atom. The summed E-state index contributed by atoms with van der Waals surface area (Å²) in [4.78, 5) is 23.3. The summed E-state index contributed by atoms with van der Waals surface area (Å²) in [6.07, 6.45) is -4.51. The fourth-order valence-electron chi connectivity index (χ4n) is 2.57. The number of amides is 3. The molecule has 3 rings (SSSR count). The van der Waals surface area contributed by atoms with Gasteiger partial charge in [0.15, 0.2) is 0 Å². The second-order valence-corrected chi connectivity index (χ2v) is 6.34. The van der Waals surface area contributed by atoms with Crippen molar-refractivity contribution in [2.24, 2.45) is 5.73 Å². The molecule has 0 bridgehead atoms. The third-order valence-electron chi connectivity index (χ3n) is 4.10. The van der Waals surface area contributed by atoms with E-state index < -0.39 is 23.7 Å². The standard InChI is InChI=1S/C22H16F3N3O3/c23-22(24,25)16-5-3-6-17(12-16)28-21(30)27-13-15-4-1-2-7-19(15)31-18-10-8-14(9-11-18)20(26)29/h3-12H,13H2,(H2,26,29)(H2,27,28,30). The second-order valence-electron chi connectivity index (χ2n) is 6.34. The Hall–Kier alpha value is -4.19. The number of hydrogen-bond donors (Lipinski definition) is 3. The molecule has 0 heterocycles. The van der Waals surface area contributed by atoms with Gasteiger partial charge in [0, 0.05) is 29.4 Å². The van der Waals surface area contributed by atoms with E-state index >= 15 is 0 Å². The lowest BCUT2D eigenvalue weighted by atomic mass is 10.2. The molecule has 3 aromatic carbocycles. The van der Waals surface area contributed by atoms with Crippen molar-refractivity contribution >= 4 is 17.6 Å². The molecule has 4 N–H and O–H groups in total. The van der Waals surface area contributed by atoms with Gasteiger partial charge < -0.3 is 21.1 Å². The smallest absolute Gasteiger partial charge is 0.416 e. The van der Waals surface area contributed by atoms with Gasteiger partial charge in [-0.05, 0) is 48.5 Å². The molecule has 9 heteroatoms. The topological polar surface area (TPSA) is 93.5 Å². The molecule has 0 atom stereocenters. The fourth-order valence-corrected chi connectivity index (χ4v) is 2.57. The Morgan fingerprint density at radius 2 is 1.74 bits per heavy atom. The lowest BCUT2D eigenvalue weighted by molar-refractivity contribution is -0.137. The maximum absolute atomic E-state index is 12.8. The van der Waals surface area contributed by atoms with Crippen LogP contribution < -0.4 is 21.1 Å². The Bertz CT molecular complexity index is 1080. The largest absolute Gasteiger partial charge is 0.456 e. The van der Waals surface area contributed by atoms with Crippen molar-refractivity contribution < 1.29 is 27.5 Å². The van der Waals surface area contributed by atoms with Gasteiger partial charge in [-0.15, -0.1) is 0 Å². The minimum atomic E-state index is -4.51. The number of alkyl halides is 3. The van der Waals surface area contributed by atoms with E-state index in [0.717, 1.165) is 12.1 Å². The molecule has 3 aromatic rings. The Kier molecular flexibility index (Phi) is 6.31. The van der Waals surface area contributed by atoms with Gasteiger partial charge in [-0.1, -0.05) is 18.2 Å². The van der Waals surface area contributed by atoms with Crippen LogP contribution in [0.1, 0.15) is 21.5 Å². The molecule has 0 saturated carbocycles. The maximum Gasteiger partial charge on any atom is 0.416 e. The Balaban J connectivity index is 1.63. The summed E-state index contributed by atoms with van der Waals surface area (Å²) < 4.78 is 44.1. The number of anilines is 1. The molecule has 0 unspecified atom stereocenters. The first-order valence-electron chi connectivity index (χ1n) is 8.93. The number of primary amides is 1. The molecule has 0 saturated heterocycles. The van der Waals surface area contributed by atoms with Crippen molar-refractivity contribution in [3.8, 4) is 11.5 Å². The molecular formula is C22H16F3N3O3. The molecular weight excluding hydrogens is 411 g/mol. The number of nitrogens with two attached hydrogens (primary N) is 1. The number of rotatable bonds is 6. The summed E-state index contributed by atoms with van der Waals surface area (Å²) in [7, 11) is 0.